The minimum absolute atomic E-state index is 0.118. The molecule has 0 atom stereocenters. The normalized spacial score (nSPS) is 18.1. The zero-order chi connectivity index (χ0) is 20.2. The number of carbonyl (C=O) groups is 2. The van der Waals surface area contributed by atoms with Gasteiger partial charge in [-0.15, -0.1) is 0 Å². The summed E-state index contributed by atoms with van der Waals surface area (Å²) in [5.41, 5.74) is 2.36. The van der Waals surface area contributed by atoms with Gasteiger partial charge in [-0.2, -0.15) is 0 Å². The second-order valence-corrected chi connectivity index (χ2v) is 7.16. The fourth-order valence-corrected chi connectivity index (χ4v) is 3.86. The van der Waals surface area contributed by atoms with Crippen LogP contribution in [-0.4, -0.2) is 75.9 Å². The zero-order valence-electron chi connectivity index (χ0n) is 16.2. The average Bonchev–Trinajstić information content (AvgIpc) is 3.01. The van der Waals surface area contributed by atoms with Gasteiger partial charge in [-0.1, -0.05) is 36.4 Å². The molecule has 1 N–H and O–H groups in total. The Bertz CT molecular complexity index is 906. The molecule has 1 saturated heterocycles. The van der Waals surface area contributed by atoms with Crippen LogP contribution in [0.15, 0.2) is 60.4 Å². The number of aliphatic hydroxyl groups is 1. The van der Waals surface area contributed by atoms with Crippen molar-refractivity contribution in [1.29, 1.82) is 0 Å². The first kappa shape index (κ1) is 19.3. The SMILES string of the molecule is O=C1C(c2ccccc2)=C(N2CCN(CCO)CC2)C(=O)N1Cc1ccccn1. The molecule has 0 bridgehead atoms. The third kappa shape index (κ3) is 3.92. The lowest BCUT2D eigenvalue weighted by molar-refractivity contribution is -0.138. The number of rotatable bonds is 6. The lowest BCUT2D eigenvalue weighted by Gasteiger charge is -2.36. The van der Waals surface area contributed by atoms with E-state index in [1.807, 2.05) is 53.4 Å². The number of amides is 2. The molecular formula is C22H24N4O3. The molecule has 2 aliphatic heterocycles. The van der Waals surface area contributed by atoms with Gasteiger partial charge in [0.25, 0.3) is 11.8 Å². The molecule has 0 spiro atoms. The largest absolute Gasteiger partial charge is 0.395 e. The summed E-state index contributed by atoms with van der Waals surface area (Å²) < 4.78 is 0. The first-order valence-corrected chi connectivity index (χ1v) is 9.83. The highest BCUT2D eigenvalue weighted by Crippen LogP contribution is 2.32. The van der Waals surface area contributed by atoms with Crippen LogP contribution in [0, 0.1) is 0 Å². The van der Waals surface area contributed by atoms with E-state index in [-0.39, 0.29) is 25.0 Å². The number of benzene rings is 1. The van der Waals surface area contributed by atoms with Gasteiger partial charge in [0.2, 0.25) is 0 Å². The lowest BCUT2D eigenvalue weighted by Crippen LogP contribution is -2.48. The van der Waals surface area contributed by atoms with Crippen LogP contribution in [0.2, 0.25) is 0 Å². The zero-order valence-corrected chi connectivity index (χ0v) is 16.2. The fraction of sp³-hybridized carbons (Fsp3) is 0.318. The highest BCUT2D eigenvalue weighted by molar-refractivity contribution is 6.35. The van der Waals surface area contributed by atoms with E-state index in [1.54, 1.807) is 6.20 Å². The van der Waals surface area contributed by atoms with Gasteiger partial charge in [-0.05, 0) is 17.7 Å². The molecule has 0 saturated carbocycles. The lowest BCUT2D eigenvalue weighted by atomic mass is 10.0. The van der Waals surface area contributed by atoms with Crippen LogP contribution in [0.5, 0.6) is 0 Å². The van der Waals surface area contributed by atoms with Crippen molar-refractivity contribution in [3.05, 3.63) is 71.7 Å². The second-order valence-electron chi connectivity index (χ2n) is 7.16. The molecule has 4 rings (SSSR count). The Balaban J connectivity index is 1.65. The van der Waals surface area contributed by atoms with Crippen LogP contribution in [0.1, 0.15) is 11.3 Å². The van der Waals surface area contributed by atoms with Crippen molar-refractivity contribution >= 4 is 17.4 Å². The molecule has 1 aromatic carbocycles. The number of β-amino-alcohol motifs (C(OH)–C–C–N with tert-alkyl or cyclic N) is 1. The molecule has 29 heavy (non-hydrogen) atoms. The topological polar surface area (TPSA) is 77.0 Å². The summed E-state index contributed by atoms with van der Waals surface area (Å²) in [7, 11) is 0. The van der Waals surface area contributed by atoms with Crippen molar-refractivity contribution < 1.29 is 14.7 Å². The Morgan fingerprint density at radius 3 is 2.28 bits per heavy atom. The third-order valence-corrected chi connectivity index (χ3v) is 5.36. The Morgan fingerprint density at radius 2 is 1.62 bits per heavy atom. The van der Waals surface area contributed by atoms with E-state index < -0.39 is 0 Å². The van der Waals surface area contributed by atoms with E-state index >= 15 is 0 Å². The predicted octanol–water partition coefficient (Wildman–Crippen LogP) is 0.972. The van der Waals surface area contributed by atoms with Gasteiger partial charge in [-0.25, -0.2) is 0 Å². The van der Waals surface area contributed by atoms with Gasteiger partial charge >= 0.3 is 0 Å². The Labute approximate surface area is 169 Å². The van der Waals surface area contributed by atoms with Crippen molar-refractivity contribution in [2.75, 3.05) is 39.3 Å². The van der Waals surface area contributed by atoms with Crippen molar-refractivity contribution in [2.24, 2.45) is 0 Å². The summed E-state index contributed by atoms with van der Waals surface area (Å²) in [6.45, 7) is 3.67. The Morgan fingerprint density at radius 1 is 0.897 bits per heavy atom. The number of aromatic nitrogens is 1. The standard InChI is InChI=1S/C22H24N4O3/c27-15-14-24-10-12-25(13-11-24)20-19(17-6-2-1-3-7-17)21(28)26(22(20)29)16-18-8-4-5-9-23-18/h1-9,27H,10-16H2. The van der Waals surface area contributed by atoms with Crippen molar-refractivity contribution in [3.8, 4) is 0 Å². The molecular weight excluding hydrogens is 368 g/mol. The monoisotopic (exact) mass is 392 g/mol. The molecule has 0 radical (unpaired) electrons. The number of nitrogens with zero attached hydrogens (tertiary/aromatic N) is 4. The Hall–Kier alpha value is -3.03. The van der Waals surface area contributed by atoms with E-state index in [1.165, 1.54) is 4.90 Å². The number of imide groups is 1. The maximum atomic E-state index is 13.3. The van der Waals surface area contributed by atoms with Crippen LogP contribution >= 0.6 is 0 Å². The number of aliphatic hydroxyl groups excluding tert-OH is 1. The van der Waals surface area contributed by atoms with E-state index in [0.717, 1.165) is 18.7 Å². The van der Waals surface area contributed by atoms with E-state index in [4.69, 9.17) is 5.11 Å². The van der Waals surface area contributed by atoms with Crippen LogP contribution in [0.4, 0.5) is 0 Å². The molecule has 1 aromatic heterocycles. The molecule has 0 unspecified atom stereocenters. The molecule has 1 fully saturated rings. The minimum atomic E-state index is -0.278. The summed E-state index contributed by atoms with van der Waals surface area (Å²) in [6, 6.07) is 14.8. The maximum absolute atomic E-state index is 13.3. The van der Waals surface area contributed by atoms with Gasteiger partial charge in [0.05, 0.1) is 24.4 Å². The van der Waals surface area contributed by atoms with Gasteiger partial charge in [0, 0.05) is 38.9 Å². The first-order valence-electron chi connectivity index (χ1n) is 9.83. The van der Waals surface area contributed by atoms with Gasteiger partial charge < -0.3 is 10.0 Å². The summed E-state index contributed by atoms with van der Waals surface area (Å²) >= 11 is 0. The van der Waals surface area contributed by atoms with Crippen molar-refractivity contribution in [2.45, 2.75) is 6.54 Å². The first-order chi connectivity index (χ1) is 14.2. The maximum Gasteiger partial charge on any atom is 0.278 e. The number of carbonyl (C=O) groups excluding carboxylic acids is 2. The number of hydrogen-bond donors (Lipinski definition) is 1. The molecule has 2 aromatic rings. The van der Waals surface area contributed by atoms with Crippen molar-refractivity contribution in [3.63, 3.8) is 0 Å². The Kier molecular flexibility index (Phi) is 5.69. The van der Waals surface area contributed by atoms with E-state index in [0.29, 0.717) is 36.6 Å². The molecule has 7 heteroatoms. The molecule has 150 valence electrons. The van der Waals surface area contributed by atoms with Crippen molar-refractivity contribution in [1.82, 2.24) is 19.7 Å². The molecule has 0 aliphatic carbocycles. The van der Waals surface area contributed by atoms with E-state index in [9.17, 15) is 9.59 Å². The second kappa shape index (κ2) is 8.55. The van der Waals surface area contributed by atoms with E-state index in [2.05, 4.69) is 9.88 Å². The highest BCUT2D eigenvalue weighted by atomic mass is 16.3. The van der Waals surface area contributed by atoms with Crippen LogP contribution < -0.4 is 0 Å². The highest BCUT2D eigenvalue weighted by Gasteiger charge is 2.42. The van der Waals surface area contributed by atoms with Gasteiger partial charge in [-0.3, -0.25) is 24.4 Å². The quantitative estimate of drug-likeness (QED) is 0.739. The number of hydrogen-bond acceptors (Lipinski definition) is 6. The minimum Gasteiger partial charge on any atom is -0.395 e. The summed E-state index contributed by atoms with van der Waals surface area (Å²) in [6.07, 6.45) is 1.66. The molecule has 7 nitrogen and oxygen atoms in total. The van der Waals surface area contributed by atoms with Gasteiger partial charge in [0.15, 0.2) is 0 Å². The number of pyridine rings is 1. The molecule has 2 amide bonds. The third-order valence-electron chi connectivity index (χ3n) is 5.36. The summed E-state index contributed by atoms with van der Waals surface area (Å²) in [4.78, 5) is 36.4. The van der Waals surface area contributed by atoms with Crippen LogP contribution in [0.3, 0.4) is 0 Å². The smallest absolute Gasteiger partial charge is 0.278 e. The summed E-state index contributed by atoms with van der Waals surface area (Å²) in [5, 5.41) is 9.16. The molecule has 3 heterocycles. The fourth-order valence-electron chi connectivity index (χ4n) is 3.86. The van der Waals surface area contributed by atoms with Crippen LogP contribution in [-0.2, 0) is 16.1 Å². The number of piperazine rings is 1. The predicted molar refractivity (Wildman–Crippen MR) is 108 cm³/mol. The summed E-state index contributed by atoms with van der Waals surface area (Å²) in [5.74, 6) is -0.547. The van der Waals surface area contributed by atoms with Gasteiger partial charge in [0.1, 0.15) is 5.70 Å². The molecule has 2 aliphatic rings. The average molecular weight is 392 g/mol. The van der Waals surface area contributed by atoms with Crippen LogP contribution in [0.25, 0.3) is 5.57 Å².